The van der Waals surface area contributed by atoms with Crippen LogP contribution >= 0.6 is 0 Å². The largest absolute Gasteiger partial charge is 0.294 e. The van der Waals surface area contributed by atoms with Gasteiger partial charge in [0.25, 0.3) is 0 Å². The minimum Gasteiger partial charge on any atom is -0.294 e. The summed E-state index contributed by atoms with van der Waals surface area (Å²) < 4.78 is 0. The van der Waals surface area contributed by atoms with Gasteiger partial charge in [-0.3, -0.25) is 9.78 Å². The fourth-order valence-corrected chi connectivity index (χ4v) is 1.07. The van der Waals surface area contributed by atoms with E-state index in [1.165, 1.54) is 0 Å². The fraction of sp³-hybridized carbons (Fsp3) is 0.333. The average Bonchev–Trinajstić information content (AvgIpc) is 1.85. The van der Waals surface area contributed by atoms with Crippen LogP contribution in [0.3, 0.4) is 0 Å². The van der Waals surface area contributed by atoms with Crippen LogP contribution in [0.4, 0.5) is 0 Å². The van der Waals surface area contributed by atoms with Crippen LogP contribution in [0.2, 0.25) is 0 Å². The number of hydrogen-bond acceptors (Lipinski definition) is 2. The monoisotopic (exact) mass is 149 g/mol. The lowest BCUT2D eigenvalue weighted by Crippen LogP contribution is -1.97. The molecular formula is C9H11NO. The summed E-state index contributed by atoms with van der Waals surface area (Å²) in [5, 5.41) is 0. The predicted molar refractivity (Wildman–Crippen MR) is 43.7 cm³/mol. The van der Waals surface area contributed by atoms with Gasteiger partial charge < -0.3 is 0 Å². The third kappa shape index (κ3) is 1.64. The van der Waals surface area contributed by atoms with E-state index in [0.29, 0.717) is 0 Å². The van der Waals surface area contributed by atoms with E-state index >= 15 is 0 Å². The highest BCUT2D eigenvalue weighted by Crippen LogP contribution is 2.07. The van der Waals surface area contributed by atoms with E-state index in [1.807, 2.05) is 19.9 Å². The van der Waals surface area contributed by atoms with E-state index in [0.717, 1.165) is 16.8 Å². The standard InChI is InChI=1S/C9H11NO/c1-6-4-7(2)10-5-9(6)8(3)11/h4-5H,1-3H3. The van der Waals surface area contributed by atoms with E-state index in [1.54, 1.807) is 13.1 Å². The third-order valence-corrected chi connectivity index (χ3v) is 1.63. The van der Waals surface area contributed by atoms with Crippen LogP contribution < -0.4 is 0 Å². The molecule has 0 aliphatic carbocycles. The number of aryl methyl sites for hydroxylation is 2. The van der Waals surface area contributed by atoms with Crippen molar-refractivity contribution in [1.82, 2.24) is 4.98 Å². The summed E-state index contributed by atoms with van der Waals surface area (Å²) in [5.74, 6) is 0.0787. The Morgan fingerprint density at radius 1 is 1.45 bits per heavy atom. The summed E-state index contributed by atoms with van der Waals surface area (Å²) in [5.41, 5.74) is 2.67. The molecule has 0 spiro atoms. The molecule has 0 bridgehead atoms. The fourth-order valence-electron chi connectivity index (χ4n) is 1.07. The minimum absolute atomic E-state index is 0.0787. The van der Waals surface area contributed by atoms with Crippen LogP contribution in [0, 0.1) is 13.8 Å². The molecule has 11 heavy (non-hydrogen) atoms. The first-order valence-corrected chi connectivity index (χ1v) is 3.55. The topological polar surface area (TPSA) is 30.0 Å². The van der Waals surface area contributed by atoms with Crippen LogP contribution in [0.5, 0.6) is 0 Å². The highest BCUT2D eigenvalue weighted by Gasteiger charge is 2.02. The van der Waals surface area contributed by atoms with Crippen molar-refractivity contribution in [2.24, 2.45) is 0 Å². The molecule has 2 nitrogen and oxygen atoms in total. The SMILES string of the molecule is CC(=O)c1cnc(C)cc1C. The van der Waals surface area contributed by atoms with Gasteiger partial charge in [-0.15, -0.1) is 0 Å². The molecule has 0 aliphatic rings. The molecule has 1 aromatic rings. The molecule has 0 amide bonds. The Labute approximate surface area is 66.3 Å². The van der Waals surface area contributed by atoms with E-state index < -0.39 is 0 Å². The summed E-state index contributed by atoms with van der Waals surface area (Å²) >= 11 is 0. The number of nitrogens with zero attached hydrogens (tertiary/aromatic N) is 1. The Balaban J connectivity index is 3.20. The van der Waals surface area contributed by atoms with E-state index in [4.69, 9.17) is 0 Å². The quantitative estimate of drug-likeness (QED) is 0.571. The molecule has 0 aromatic carbocycles. The Hall–Kier alpha value is -1.18. The van der Waals surface area contributed by atoms with Crippen molar-refractivity contribution >= 4 is 5.78 Å². The van der Waals surface area contributed by atoms with Crippen molar-refractivity contribution in [2.45, 2.75) is 20.8 Å². The molecule has 58 valence electrons. The number of pyridine rings is 1. The van der Waals surface area contributed by atoms with Crippen LogP contribution in [0.1, 0.15) is 28.5 Å². The van der Waals surface area contributed by atoms with Crippen LogP contribution in [0.15, 0.2) is 12.3 Å². The second-order valence-corrected chi connectivity index (χ2v) is 2.70. The van der Waals surface area contributed by atoms with Gasteiger partial charge in [-0.2, -0.15) is 0 Å². The lowest BCUT2D eigenvalue weighted by molar-refractivity contribution is 0.101. The first kappa shape index (κ1) is 7.92. The molecule has 0 radical (unpaired) electrons. The van der Waals surface area contributed by atoms with Gasteiger partial charge in [-0.25, -0.2) is 0 Å². The van der Waals surface area contributed by atoms with Gasteiger partial charge in [0.1, 0.15) is 0 Å². The number of hydrogen-bond donors (Lipinski definition) is 0. The number of carbonyl (C=O) groups is 1. The number of rotatable bonds is 1. The van der Waals surface area contributed by atoms with E-state index in [-0.39, 0.29) is 5.78 Å². The first-order chi connectivity index (χ1) is 5.11. The number of Topliss-reactive ketones (excluding diaryl/α,β-unsaturated/α-hetero) is 1. The van der Waals surface area contributed by atoms with Crippen molar-refractivity contribution in [1.29, 1.82) is 0 Å². The molecule has 0 saturated heterocycles. The van der Waals surface area contributed by atoms with E-state index in [9.17, 15) is 4.79 Å². The zero-order valence-corrected chi connectivity index (χ0v) is 7.01. The van der Waals surface area contributed by atoms with Crippen molar-refractivity contribution in [3.8, 4) is 0 Å². The summed E-state index contributed by atoms with van der Waals surface area (Å²) in [4.78, 5) is 15.0. The normalized spacial score (nSPS) is 9.73. The Morgan fingerprint density at radius 3 is 2.55 bits per heavy atom. The van der Waals surface area contributed by atoms with Gasteiger partial charge in [0.2, 0.25) is 0 Å². The van der Waals surface area contributed by atoms with Gasteiger partial charge in [0.05, 0.1) is 0 Å². The summed E-state index contributed by atoms with van der Waals surface area (Å²) in [6.07, 6.45) is 1.63. The highest BCUT2D eigenvalue weighted by molar-refractivity contribution is 5.95. The zero-order chi connectivity index (χ0) is 8.43. The molecule has 0 N–H and O–H groups in total. The second kappa shape index (κ2) is 2.82. The lowest BCUT2D eigenvalue weighted by Gasteiger charge is -2.00. The smallest absolute Gasteiger partial charge is 0.161 e. The Bertz CT molecular complexity index is 292. The summed E-state index contributed by atoms with van der Waals surface area (Å²) in [7, 11) is 0. The van der Waals surface area contributed by atoms with Crippen LogP contribution in [0.25, 0.3) is 0 Å². The average molecular weight is 149 g/mol. The molecule has 2 heteroatoms. The number of aromatic nitrogens is 1. The number of ketones is 1. The van der Waals surface area contributed by atoms with Gasteiger partial charge in [0, 0.05) is 17.5 Å². The highest BCUT2D eigenvalue weighted by atomic mass is 16.1. The van der Waals surface area contributed by atoms with Crippen molar-refractivity contribution < 1.29 is 4.79 Å². The van der Waals surface area contributed by atoms with Crippen LogP contribution in [-0.4, -0.2) is 10.8 Å². The lowest BCUT2D eigenvalue weighted by atomic mass is 10.1. The first-order valence-electron chi connectivity index (χ1n) is 3.55. The molecular weight excluding hydrogens is 138 g/mol. The maximum Gasteiger partial charge on any atom is 0.161 e. The molecule has 0 fully saturated rings. The minimum atomic E-state index is 0.0787. The second-order valence-electron chi connectivity index (χ2n) is 2.70. The zero-order valence-electron chi connectivity index (χ0n) is 7.01. The number of carbonyl (C=O) groups excluding carboxylic acids is 1. The van der Waals surface area contributed by atoms with Crippen molar-refractivity contribution in [2.75, 3.05) is 0 Å². The van der Waals surface area contributed by atoms with Gasteiger partial charge in [0.15, 0.2) is 5.78 Å². The third-order valence-electron chi connectivity index (χ3n) is 1.63. The van der Waals surface area contributed by atoms with E-state index in [2.05, 4.69) is 4.98 Å². The molecule has 1 heterocycles. The van der Waals surface area contributed by atoms with Gasteiger partial charge in [-0.1, -0.05) is 0 Å². The summed E-state index contributed by atoms with van der Waals surface area (Å²) in [6, 6.07) is 1.91. The molecule has 0 atom stereocenters. The predicted octanol–water partition coefficient (Wildman–Crippen LogP) is 1.90. The Morgan fingerprint density at radius 2 is 2.09 bits per heavy atom. The van der Waals surface area contributed by atoms with Crippen molar-refractivity contribution in [3.63, 3.8) is 0 Å². The molecule has 1 rings (SSSR count). The van der Waals surface area contributed by atoms with Crippen LogP contribution in [-0.2, 0) is 0 Å². The Kier molecular flexibility index (Phi) is 2.03. The van der Waals surface area contributed by atoms with Gasteiger partial charge >= 0.3 is 0 Å². The maximum absolute atomic E-state index is 10.9. The molecule has 0 aliphatic heterocycles. The molecule has 1 aromatic heterocycles. The van der Waals surface area contributed by atoms with Gasteiger partial charge in [-0.05, 0) is 32.4 Å². The maximum atomic E-state index is 10.9. The van der Waals surface area contributed by atoms with Crippen molar-refractivity contribution in [3.05, 3.63) is 29.1 Å². The molecule has 0 saturated carbocycles. The molecule has 0 unspecified atom stereocenters. The summed E-state index contributed by atoms with van der Waals surface area (Å²) in [6.45, 7) is 5.39.